The summed E-state index contributed by atoms with van der Waals surface area (Å²) in [6.07, 6.45) is 0.471. The largest absolute Gasteiger partial charge is 0.368 e. The molecule has 1 atom stereocenters. The van der Waals surface area contributed by atoms with E-state index in [0.29, 0.717) is 17.9 Å². The number of nitrogens with two attached hydrogens (primary N) is 1. The van der Waals surface area contributed by atoms with Gasteiger partial charge in [-0.05, 0) is 29.8 Å². The maximum Gasteiger partial charge on any atom is 0.263 e. The lowest BCUT2D eigenvalue weighted by Gasteiger charge is -2.35. The molecular weight excluding hydrogens is 324 g/mol. The van der Waals surface area contributed by atoms with Crippen LogP contribution in [-0.2, 0) is 22.6 Å². The molecule has 24 heavy (non-hydrogen) atoms. The molecule has 6 nitrogen and oxygen atoms in total. The van der Waals surface area contributed by atoms with Gasteiger partial charge in [0.15, 0.2) is 5.17 Å². The SMILES string of the molecule is CC1=C(C(=O)N2Cc3ccccc3CC2C(N)=O)SC2=NCCN21. The molecular formula is C17H18N4O2S. The molecule has 124 valence electrons. The van der Waals surface area contributed by atoms with Crippen LogP contribution in [0.3, 0.4) is 0 Å². The van der Waals surface area contributed by atoms with Gasteiger partial charge in [0.1, 0.15) is 6.04 Å². The highest BCUT2D eigenvalue weighted by molar-refractivity contribution is 8.18. The molecule has 0 spiro atoms. The molecule has 1 aromatic carbocycles. The summed E-state index contributed by atoms with van der Waals surface area (Å²) >= 11 is 1.40. The molecule has 3 heterocycles. The zero-order chi connectivity index (χ0) is 16.8. The first-order chi connectivity index (χ1) is 11.6. The van der Waals surface area contributed by atoms with Crippen LogP contribution in [0.15, 0.2) is 39.9 Å². The Morgan fingerprint density at radius 1 is 1.29 bits per heavy atom. The van der Waals surface area contributed by atoms with E-state index in [-0.39, 0.29) is 5.91 Å². The van der Waals surface area contributed by atoms with Gasteiger partial charge in [0, 0.05) is 25.2 Å². The minimum Gasteiger partial charge on any atom is -0.368 e. The number of primary amides is 1. The fourth-order valence-corrected chi connectivity index (χ4v) is 4.57. The predicted octanol–water partition coefficient (Wildman–Crippen LogP) is 1.08. The molecule has 0 bridgehead atoms. The number of thioether (sulfide) groups is 1. The molecule has 2 amide bonds. The van der Waals surface area contributed by atoms with Gasteiger partial charge in [0.05, 0.1) is 11.4 Å². The van der Waals surface area contributed by atoms with Crippen LogP contribution in [0.2, 0.25) is 0 Å². The Morgan fingerprint density at radius 2 is 2.04 bits per heavy atom. The van der Waals surface area contributed by atoms with Gasteiger partial charge in [-0.2, -0.15) is 0 Å². The van der Waals surface area contributed by atoms with Gasteiger partial charge in [-0.25, -0.2) is 0 Å². The third-order valence-electron chi connectivity index (χ3n) is 4.76. The molecule has 3 aliphatic rings. The summed E-state index contributed by atoms with van der Waals surface area (Å²) in [6.45, 7) is 3.92. The number of carbonyl (C=O) groups is 2. The molecule has 0 fully saturated rings. The average Bonchev–Trinajstić information content (AvgIpc) is 3.16. The molecule has 2 N–H and O–H groups in total. The van der Waals surface area contributed by atoms with Crippen LogP contribution in [0, 0.1) is 0 Å². The molecule has 0 aromatic heterocycles. The Kier molecular flexibility index (Phi) is 3.60. The quantitative estimate of drug-likeness (QED) is 0.872. The number of hydrogen-bond acceptors (Lipinski definition) is 5. The average molecular weight is 342 g/mol. The Balaban J connectivity index is 1.67. The van der Waals surface area contributed by atoms with Gasteiger partial charge in [-0.15, -0.1) is 0 Å². The predicted molar refractivity (Wildman–Crippen MR) is 93.0 cm³/mol. The van der Waals surface area contributed by atoms with Crippen molar-refractivity contribution in [1.82, 2.24) is 9.80 Å². The third kappa shape index (κ3) is 2.31. The number of aliphatic imine (C=N–C) groups is 1. The van der Waals surface area contributed by atoms with Crippen molar-refractivity contribution < 1.29 is 9.59 Å². The van der Waals surface area contributed by atoms with E-state index in [0.717, 1.165) is 35.1 Å². The van der Waals surface area contributed by atoms with Crippen LogP contribution >= 0.6 is 11.8 Å². The number of benzene rings is 1. The number of fused-ring (bicyclic) bond motifs is 2. The van der Waals surface area contributed by atoms with Gasteiger partial charge >= 0.3 is 0 Å². The summed E-state index contributed by atoms with van der Waals surface area (Å²) in [6, 6.07) is 7.28. The molecule has 1 aromatic rings. The first kappa shape index (κ1) is 15.3. The van der Waals surface area contributed by atoms with E-state index in [4.69, 9.17) is 5.73 Å². The summed E-state index contributed by atoms with van der Waals surface area (Å²) in [7, 11) is 0. The first-order valence-electron chi connectivity index (χ1n) is 7.94. The van der Waals surface area contributed by atoms with Crippen molar-refractivity contribution in [3.05, 3.63) is 46.0 Å². The van der Waals surface area contributed by atoms with Crippen LogP contribution in [0.1, 0.15) is 18.1 Å². The van der Waals surface area contributed by atoms with Gasteiger partial charge in [-0.3, -0.25) is 14.6 Å². The van der Waals surface area contributed by atoms with Gasteiger partial charge in [-0.1, -0.05) is 24.3 Å². The number of amides is 2. The lowest BCUT2D eigenvalue weighted by molar-refractivity contribution is -0.137. The number of rotatable bonds is 2. The highest BCUT2D eigenvalue weighted by Gasteiger charge is 2.39. The summed E-state index contributed by atoms with van der Waals surface area (Å²) in [5, 5.41) is 0.879. The van der Waals surface area contributed by atoms with E-state index in [1.807, 2.05) is 31.2 Å². The molecule has 0 saturated carbocycles. The van der Waals surface area contributed by atoms with E-state index in [1.165, 1.54) is 11.8 Å². The monoisotopic (exact) mass is 342 g/mol. The zero-order valence-electron chi connectivity index (χ0n) is 13.4. The van der Waals surface area contributed by atoms with E-state index < -0.39 is 11.9 Å². The van der Waals surface area contributed by atoms with Crippen LogP contribution in [0.5, 0.6) is 0 Å². The van der Waals surface area contributed by atoms with Crippen LogP contribution in [0.4, 0.5) is 0 Å². The number of nitrogens with zero attached hydrogens (tertiary/aromatic N) is 3. The lowest BCUT2D eigenvalue weighted by atomic mass is 9.93. The number of carbonyl (C=O) groups excluding carboxylic acids is 2. The molecule has 4 rings (SSSR count). The molecule has 1 unspecified atom stereocenters. The van der Waals surface area contributed by atoms with Crippen molar-refractivity contribution in [3.8, 4) is 0 Å². The van der Waals surface area contributed by atoms with Crippen LogP contribution in [0.25, 0.3) is 0 Å². The fourth-order valence-electron chi connectivity index (χ4n) is 3.43. The van der Waals surface area contributed by atoms with Gasteiger partial charge in [0.2, 0.25) is 5.91 Å². The number of amidine groups is 1. The Hall–Kier alpha value is -2.28. The summed E-state index contributed by atoms with van der Waals surface area (Å²) in [5.74, 6) is -0.593. The molecule has 0 radical (unpaired) electrons. The van der Waals surface area contributed by atoms with E-state index in [1.54, 1.807) is 4.90 Å². The Morgan fingerprint density at radius 3 is 2.75 bits per heavy atom. The van der Waals surface area contributed by atoms with E-state index in [2.05, 4.69) is 9.89 Å². The van der Waals surface area contributed by atoms with E-state index >= 15 is 0 Å². The number of hydrogen-bond donors (Lipinski definition) is 1. The van der Waals surface area contributed by atoms with E-state index in [9.17, 15) is 9.59 Å². The third-order valence-corrected chi connectivity index (χ3v) is 5.97. The second-order valence-corrected chi connectivity index (χ2v) is 7.13. The Bertz CT molecular complexity index is 802. The van der Waals surface area contributed by atoms with Crippen molar-refractivity contribution in [3.63, 3.8) is 0 Å². The zero-order valence-corrected chi connectivity index (χ0v) is 14.2. The second-order valence-electron chi connectivity index (χ2n) is 6.16. The minimum atomic E-state index is -0.606. The topological polar surface area (TPSA) is 79.0 Å². The second kappa shape index (κ2) is 5.66. The normalized spacial score (nSPS) is 22.4. The summed E-state index contributed by atoms with van der Waals surface area (Å²) in [4.78, 5) is 33.8. The Labute approximate surface area is 144 Å². The molecule has 3 aliphatic heterocycles. The van der Waals surface area contributed by atoms with Crippen molar-refractivity contribution in [1.29, 1.82) is 0 Å². The summed E-state index contributed by atoms with van der Waals surface area (Å²) < 4.78 is 0. The van der Waals surface area contributed by atoms with Crippen LogP contribution < -0.4 is 5.73 Å². The summed E-state index contributed by atoms with van der Waals surface area (Å²) in [5.41, 5.74) is 8.66. The van der Waals surface area contributed by atoms with Crippen molar-refractivity contribution in [2.75, 3.05) is 13.1 Å². The minimum absolute atomic E-state index is 0.132. The van der Waals surface area contributed by atoms with Gasteiger partial charge in [0.25, 0.3) is 5.91 Å². The highest BCUT2D eigenvalue weighted by Crippen LogP contribution is 2.38. The van der Waals surface area contributed by atoms with Crippen molar-refractivity contribution in [2.24, 2.45) is 10.7 Å². The highest BCUT2D eigenvalue weighted by atomic mass is 32.2. The molecule has 0 saturated heterocycles. The van der Waals surface area contributed by atoms with Crippen LogP contribution in [-0.4, -0.2) is 45.9 Å². The molecule has 0 aliphatic carbocycles. The smallest absolute Gasteiger partial charge is 0.263 e. The van der Waals surface area contributed by atoms with Gasteiger partial charge < -0.3 is 15.5 Å². The fraction of sp³-hybridized carbons (Fsp3) is 0.353. The number of allylic oxidation sites excluding steroid dienone is 1. The first-order valence-corrected chi connectivity index (χ1v) is 8.75. The van der Waals surface area contributed by atoms with Crippen molar-refractivity contribution in [2.45, 2.75) is 25.9 Å². The molecule has 7 heteroatoms. The maximum atomic E-state index is 13.1. The maximum absolute atomic E-state index is 13.1. The van der Waals surface area contributed by atoms with Crippen molar-refractivity contribution >= 4 is 28.7 Å². The standard InChI is InChI=1S/C17H18N4O2S/c1-10-14(24-17-19-6-7-20(10)17)16(23)21-9-12-5-3-2-4-11(12)8-13(21)15(18)22/h2-5,13H,6-9H2,1H3,(H2,18,22). The lowest BCUT2D eigenvalue weighted by Crippen LogP contribution is -2.51.